The van der Waals surface area contributed by atoms with Gasteiger partial charge in [0.15, 0.2) is 5.69 Å². The molecule has 1 atom stereocenters. The van der Waals surface area contributed by atoms with Gasteiger partial charge in [-0.2, -0.15) is 16.9 Å². The molecule has 27 heavy (non-hydrogen) atoms. The number of thiophene rings is 1. The molecule has 0 N–H and O–H groups in total. The van der Waals surface area contributed by atoms with Gasteiger partial charge in [0.05, 0.1) is 10.4 Å². The number of aryl methyl sites for hydroxylation is 1. The van der Waals surface area contributed by atoms with Gasteiger partial charge in [0.1, 0.15) is 0 Å². The summed E-state index contributed by atoms with van der Waals surface area (Å²) in [6.45, 7) is 2.09. The number of carbonyl (C=O) groups excluding carboxylic acids is 1. The Kier molecular flexibility index (Phi) is 5.19. The van der Waals surface area contributed by atoms with E-state index in [1.807, 2.05) is 11.8 Å². The summed E-state index contributed by atoms with van der Waals surface area (Å²) in [6, 6.07) is 10.7. The van der Waals surface area contributed by atoms with E-state index in [9.17, 15) is 4.79 Å². The van der Waals surface area contributed by atoms with Crippen LogP contribution in [0.15, 0.2) is 30.3 Å². The zero-order valence-corrected chi connectivity index (χ0v) is 17.5. The molecule has 0 bridgehead atoms. The van der Waals surface area contributed by atoms with Crippen LogP contribution in [0, 0.1) is 12.8 Å². The lowest BCUT2D eigenvalue weighted by Crippen LogP contribution is -2.23. The van der Waals surface area contributed by atoms with E-state index >= 15 is 0 Å². The van der Waals surface area contributed by atoms with Gasteiger partial charge in [0.2, 0.25) is 0 Å². The van der Waals surface area contributed by atoms with Crippen molar-refractivity contribution in [3.05, 3.63) is 47.3 Å². The molecule has 140 valence electrons. The number of thioether (sulfide) groups is 1. The summed E-state index contributed by atoms with van der Waals surface area (Å²) in [4.78, 5) is 15.4. The molecule has 0 aliphatic carbocycles. The molecule has 6 heteroatoms. The molecular weight excluding hydrogens is 374 g/mol. The second kappa shape index (κ2) is 7.60. The van der Waals surface area contributed by atoms with E-state index in [2.05, 4.69) is 47.5 Å². The Bertz CT molecular complexity index is 973. The topological polar surface area (TPSA) is 46.1 Å². The van der Waals surface area contributed by atoms with Crippen LogP contribution in [0.4, 0.5) is 0 Å². The van der Waals surface area contributed by atoms with Crippen LogP contribution in [0.5, 0.6) is 0 Å². The van der Waals surface area contributed by atoms with E-state index in [1.54, 1.807) is 30.3 Å². The number of benzene rings is 1. The van der Waals surface area contributed by atoms with Gasteiger partial charge >= 0.3 is 0 Å². The smallest absolute Gasteiger partial charge is 0.275 e. The molecule has 1 amide bonds. The van der Waals surface area contributed by atoms with Gasteiger partial charge in [-0.1, -0.05) is 29.8 Å². The zero-order chi connectivity index (χ0) is 19.0. The van der Waals surface area contributed by atoms with Crippen LogP contribution in [0.3, 0.4) is 0 Å². The normalized spacial score (nSPS) is 16.8. The third-order valence-electron chi connectivity index (χ3n) is 4.98. The molecule has 0 spiro atoms. The molecule has 1 saturated heterocycles. The zero-order valence-electron chi connectivity index (χ0n) is 15.9. The van der Waals surface area contributed by atoms with Gasteiger partial charge in [-0.25, -0.2) is 0 Å². The molecule has 0 radical (unpaired) electrons. The molecular formula is C21H23N3OS2. The van der Waals surface area contributed by atoms with E-state index in [1.165, 1.54) is 29.1 Å². The fourth-order valence-electron chi connectivity index (χ4n) is 3.37. The maximum Gasteiger partial charge on any atom is 0.275 e. The van der Waals surface area contributed by atoms with Crippen molar-refractivity contribution < 1.29 is 4.79 Å². The van der Waals surface area contributed by atoms with E-state index in [0.717, 1.165) is 27.1 Å². The van der Waals surface area contributed by atoms with Crippen molar-refractivity contribution in [3.63, 3.8) is 0 Å². The second-order valence-corrected chi connectivity index (χ2v) is 9.55. The van der Waals surface area contributed by atoms with E-state index in [4.69, 9.17) is 0 Å². The van der Waals surface area contributed by atoms with Crippen LogP contribution in [-0.2, 0) is 6.42 Å². The lowest BCUT2D eigenvalue weighted by Gasteiger charge is -2.12. The first kappa shape index (κ1) is 18.4. The Labute approximate surface area is 168 Å². The highest BCUT2D eigenvalue weighted by molar-refractivity contribution is 7.99. The van der Waals surface area contributed by atoms with E-state index in [0.29, 0.717) is 11.6 Å². The highest BCUT2D eigenvalue weighted by atomic mass is 32.2. The van der Waals surface area contributed by atoms with Crippen LogP contribution in [0.2, 0.25) is 0 Å². The van der Waals surface area contributed by atoms with E-state index < -0.39 is 0 Å². The minimum atomic E-state index is -0.0900. The average molecular weight is 398 g/mol. The Hall–Kier alpha value is -1.92. The summed E-state index contributed by atoms with van der Waals surface area (Å²) < 4.78 is 0.958. The first-order valence-corrected chi connectivity index (χ1v) is 11.2. The minimum Gasteiger partial charge on any atom is -0.343 e. The number of aromatic nitrogens is 2. The van der Waals surface area contributed by atoms with Gasteiger partial charge in [-0.15, -0.1) is 16.4 Å². The molecule has 2 aromatic heterocycles. The van der Waals surface area contributed by atoms with Crippen LogP contribution in [0.25, 0.3) is 20.5 Å². The Morgan fingerprint density at radius 3 is 2.67 bits per heavy atom. The predicted octanol–water partition coefficient (Wildman–Crippen LogP) is 4.66. The molecule has 1 aromatic carbocycles. The summed E-state index contributed by atoms with van der Waals surface area (Å²) in [7, 11) is 3.52. The van der Waals surface area contributed by atoms with Crippen LogP contribution in [-0.4, -0.2) is 46.6 Å². The molecule has 1 fully saturated rings. The number of hydrogen-bond donors (Lipinski definition) is 0. The van der Waals surface area contributed by atoms with Gasteiger partial charge < -0.3 is 4.90 Å². The van der Waals surface area contributed by atoms with Crippen molar-refractivity contribution >= 4 is 39.1 Å². The lowest BCUT2D eigenvalue weighted by molar-refractivity contribution is 0.0823. The third-order valence-corrected chi connectivity index (χ3v) is 7.40. The first-order chi connectivity index (χ1) is 13.0. The van der Waals surface area contributed by atoms with Gasteiger partial charge in [0, 0.05) is 24.4 Å². The summed E-state index contributed by atoms with van der Waals surface area (Å²) >= 11 is 3.66. The highest BCUT2D eigenvalue weighted by Crippen LogP contribution is 2.37. The summed E-state index contributed by atoms with van der Waals surface area (Å²) in [6.07, 6.45) is 2.18. The largest absolute Gasteiger partial charge is 0.343 e. The van der Waals surface area contributed by atoms with Crippen molar-refractivity contribution in [2.24, 2.45) is 5.92 Å². The highest BCUT2D eigenvalue weighted by Gasteiger charge is 2.23. The second-order valence-electron chi connectivity index (χ2n) is 7.35. The lowest BCUT2D eigenvalue weighted by atomic mass is 10.0. The molecule has 3 aromatic rings. The molecule has 1 unspecified atom stereocenters. The van der Waals surface area contributed by atoms with Gasteiger partial charge in [-0.05, 0) is 48.8 Å². The van der Waals surface area contributed by atoms with Crippen LogP contribution >= 0.6 is 23.1 Å². The predicted molar refractivity (Wildman–Crippen MR) is 115 cm³/mol. The maximum atomic E-state index is 12.6. The molecule has 1 aliphatic heterocycles. The quantitative estimate of drug-likeness (QED) is 0.642. The number of fused-ring (bicyclic) bond motifs is 1. The fraction of sp³-hybridized carbons (Fsp3) is 0.381. The number of hydrogen-bond acceptors (Lipinski definition) is 5. The molecule has 4 nitrogen and oxygen atoms in total. The molecule has 3 heterocycles. The van der Waals surface area contributed by atoms with Crippen molar-refractivity contribution in [1.82, 2.24) is 15.1 Å². The fourth-order valence-corrected chi connectivity index (χ4v) is 5.82. The number of amides is 1. The third kappa shape index (κ3) is 3.73. The summed E-state index contributed by atoms with van der Waals surface area (Å²) in [5.41, 5.74) is 3.91. The Balaban J connectivity index is 1.83. The minimum absolute atomic E-state index is 0.0900. The summed E-state index contributed by atoms with van der Waals surface area (Å²) in [5.74, 6) is 2.99. The Morgan fingerprint density at radius 1 is 1.22 bits per heavy atom. The van der Waals surface area contributed by atoms with Crippen LogP contribution < -0.4 is 0 Å². The molecule has 0 saturated carbocycles. The average Bonchev–Trinajstić information content (AvgIpc) is 3.32. The van der Waals surface area contributed by atoms with Crippen molar-refractivity contribution in [2.45, 2.75) is 19.8 Å². The summed E-state index contributed by atoms with van der Waals surface area (Å²) in [5, 5.41) is 9.94. The van der Waals surface area contributed by atoms with Crippen molar-refractivity contribution in [2.75, 3.05) is 25.6 Å². The van der Waals surface area contributed by atoms with Crippen molar-refractivity contribution in [3.8, 4) is 10.4 Å². The number of rotatable bonds is 4. The Morgan fingerprint density at radius 2 is 2.00 bits per heavy atom. The first-order valence-electron chi connectivity index (χ1n) is 9.18. The number of carbonyl (C=O) groups is 1. The molecule has 4 rings (SSSR count). The maximum absolute atomic E-state index is 12.6. The van der Waals surface area contributed by atoms with Crippen LogP contribution in [0.1, 0.15) is 28.2 Å². The number of nitrogens with zero attached hydrogens (tertiary/aromatic N) is 3. The van der Waals surface area contributed by atoms with E-state index in [-0.39, 0.29) is 5.91 Å². The van der Waals surface area contributed by atoms with Crippen molar-refractivity contribution in [1.29, 1.82) is 0 Å². The van der Waals surface area contributed by atoms with Gasteiger partial charge in [0.25, 0.3) is 5.91 Å². The van der Waals surface area contributed by atoms with Gasteiger partial charge in [-0.3, -0.25) is 4.79 Å². The standard InChI is InChI=1S/C21H23N3OS2/c1-13-4-6-15(7-5-13)18-11-16-17(10-14-8-9-26-12-14)22-23-19(20(16)27-18)21(25)24(2)3/h4-7,11,14H,8-10,12H2,1-3H3. The molecule has 1 aliphatic rings. The monoisotopic (exact) mass is 397 g/mol. The SMILES string of the molecule is Cc1ccc(-c2cc3c(CC4CCSC4)nnc(C(=O)N(C)C)c3s2)cc1.